The van der Waals surface area contributed by atoms with Crippen molar-refractivity contribution in [1.82, 2.24) is 5.43 Å². The van der Waals surface area contributed by atoms with Gasteiger partial charge in [0.25, 0.3) is 0 Å². The average Bonchev–Trinajstić information content (AvgIpc) is 2.59. The number of allylic oxidation sites excluding steroid dienone is 1. The predicted octanol–water partition coefficient (Wildman–Crippen LogP) is 1.72. The Kier molecular flexibility index (Phi) is 1.90. The van der Waals surface area contributed by atoms with E-state index in [-0.39, 0.29) is 0 Å². The first-order valence-electron chi connectivity index (χ1n) is 3.91. The maximum Gasteiger partial charge on any atom is 0.0547 e. The molecule has 2 nitrogen and oxygen atoms in total. The van der Waals surface area contributed by atoms with E-state index in [1.54, 1.807) is 12.4 Å². The first-order chi connectivity index (χ1) is 5.95. The summed E-state index contributed by atoms with van der Waals surface area (Å²) in [6, 6.07) is 10.3. The monoisotopic (exact) mass is 157 g/mol. The normalized spacial score (nSPS) is 14.2. The van der Waals surface area contributed by atoms with Crippen LogP contribution in [0.15, 0.2) is 47.2 Å². The van der Waals surface area contributed by atoms with E-state index in [1.807, 2.05) is 18.2 Å². The van der Waals surface area contributed by atoms with E-state index in [0.29, 0.717) is 0 Å². The van der Waals surface area contributed by atoms with Gasteiger partial charge >= 0.3 is 0 Å². The highest BCUT2D eigenvalue weighted by molar-refractivity contribution is 5.80. The lowest BCUT2D eigenvalue weighted by Gasteiger charge is -1.96. The molecule has 0 saturated carbocycles. The van der Waals surface area contributed by atoms with Crippen molar-refractivity contribution >= 4 is 6.21 Å². The Morgan fingerprint density at radius 3 is 2.58 bits per heavy atom. The minimum atomic E-state index is 0.924. The van der Waals surface area contributed by atoms with Crippen molar-refractivity contribution in [2.24, 2.45) is 5.10 Å². The summed E-state index contributed by atoms with van der Waals surface area (Å²) in [5.74, 6) is 0. The minimum absolute atomic E-state index is 0.924. The van der Waals surface area contributed by atoms with Gasteiger partial charge in [-0.15, -0.1) is 0 Å². The smallest absolute Gasteiger partial charge is 0.0547 e. The summed E-state index contributed by atoms with van der Waals surface area (Å²) in [6.07, 6.45) is 4.52. The third kappa shape index (κ3) is 1.53. The Hall–Kier alpha value is -1.57. The van der Waals surface area contributed by atoms with Crippen LogP contribution in [0.25, 0.3) is 0 Å². The zero-order valence-electron chi connectivity index (χ0n) is 6.64. The fraction of sp³-hybridized carbons (Fsp3) is 0.100. The largest absolute Gasteiger partial charge is 0.159 e. The molecule has 59 valence electrons. The van der Waals surface area contributed by atoms with E-state index in [4.69, 9.17) is 0 Å². The van der Waals surface area contributed by atoms with Gasteiger partial charge in [0.05, 0.1) is 12.4 Å². The lowest BCUT2D eigenvalue weighted by atomic mass is 10.1. The van der Waals surface area contributed by atoms with E-state index >= 15 is 0 Å². The number of rotatable bonds is 2. The summed E-state index contributed by atoms with van der Waals surface area (Å²) in [6.45, 7) is 0. The zero-order valence-corrected chi connectivity index (χ0v) is 6.64. The van der Waals surface area contributed by atoms with Crippen LogP contribution in [0.5, 0.6) is 0 Å². The van der Waals surface area contributed by atoms with Crippen molar-refractivity contribution in [1.29, 1.82) is 0 Å². The van der Waals surface area contributed by atoms with Gasteiger partial charge in [0.2, 0.25) is 0 Å². The van der Waals surface area contributed by atoms with Gasteiger partial charge in [-0.05, 0) is 11.1 Å². The highest BCUT2D eigenvalue weighted by Gasteiger charge is 2.00. The van der Waals surface area contributed by atoms with Crippen molar-refractivity contribution in [3.63, 3.8) is 0 Å². The Balaban J connectivity index is 2.09. The molecule has 2 heteroatoms. The van der Waals surface area contributed by atoms with E-state index in [1.165, 1.54) is 11.1 Å². The Bertz CT molecular complexity index is 312. The van der Waals surface area contributed by atoms with E-state index in [0.717, 1.165) is 6.42 Å². The molecule has 0 bridgehead atoms. The zero-order chi connectivity index (χ0) is 8.23. The second-order valence-corrected chi connectivity index (χ2v) is 2.73. The lowest BCUT2D eigenvalue weighted by Crippen LogP contribution is -1.88. The molecule has 0 fully saturated rings. The molecule has 0 N–H and O–H groups in total. The van der Waals surface area contributed by atoms with E-state index < -0.39 is 0 Å². The summed E-state index contributed by atoms with van der Waals surface area (Å²) in [5.41, 5.74) is 6.23. The highest BCUT2D eigenvalue weighted by atomic mass is 15.3. The Morgan fingerprint density at radius 2 is 1.92 bits per heavy atom. The molecule has 0 atom stereocenters. The Labute approximate surface area is 71.6 Å². The summed E-state index contributed by atoms with van der Waals surface area (Å²) in [4.78, 5) is 0. The van der Waals surface area contributed by atoms with Gasteiger partial charge in [-0.25, -0.2) is 0 Å². The molecule has 1 aliphatic heterocycles. The molecule has 12 heavy (non-hydrogen) atoms. The summed E-state index contributed by atoms with van der Waals surface area (Å²) in [5, 5.41) is 3.77. The first-order valence-corrected chi connectivity index (χ1v) is 3.91. The second-order valence-electron chi connectivity index (χ2n) is 2.73. The molecule has 1 aromatic carbocycles. The Morgan fingerprint density at radius 1 is 1.08 bits per heavy atom. The quantitative estimate of drug-likeness (QED) is 0.625. The minimum Gasteiger partial charge on any atom is -0.159 e. The van der Waals surface area contributed by atoms with Crippen LogP contribution >= 0.6 is 0 Å². The summed E-state index contributed by atoms with van der Waals surface area (Å²) in [7, 11) is 0. The van der Waals surface area contributed by atoms with Gasteiger partial charge in [0.15, 0.2) is 0 Å². The van der Waals surface area contributed by atoms with Crippen LogP contribution in [0.4, 0.5) is 0 Å². The maximum atomic E-state index is 3.77. The van der Waals surface area contributed by atoms with Crippen molar-refractivity contribution < 1.29 is 0 Å². The summed E-state index contributed by atoms with van der Waals surface area (Å²) < 4.78 is 0. The van der Waals surface area contributed by atoms with Crippen LogP contribution in [0.2, 0.25) is 0 Å². The summed E-state index contributed by atoms with van der Waals surface area (Å²) >= 11 is 0. The van der Waals surface area contributed by atoms with Gasteiger partial charge in [0.1, 0.15) is 0 Å². The molecule has 1 radical (unpaired) electrons. The molecule has 0 spiro atoms. The van der Waals surface area contributed by atoms with Gasteiger partial charge in [-0.3, -0.25) is 0 Å². The molecule has 2 rings (SSSR count). The van der Waals surface area contributed by atoms with Gasteiger partial charge in [0, 0.05) is 6.42 Å². The van der Waals surface area contributed by atoms with Crippen molar-refractivity contribution in [3.05, 3.63) is 47.7 Å². The van der Waals surface area contributed by atoms with Crippen molar-refractivity contribution in [3.8, 4) is 0 Å². The first kappa shape index (κ1) is 7.10. The van der Waals surface area contributed by atoms with Crippen LogP contribution < -0.4 is 5.43 Å². The van der Waals surface area contributed by atoms with Crippen LogP contribution in [-0.4, -0.2) is 6.21 Å². The third-order valence-electron chi connectivity index (χ3n) is 1.76. The van der Waals surface area contributed by atoms with Crippen molar-refractivity contribution in [2.45, 2.75) is 6.42 Å². The van der Waals surface area contributed by atoms with Crippen molar-refractivity contribution in [2.75, 3.05) is 0 Å². The van der Waals surface area contributed by atoms with Crippen LogP contribution in [0, 0.1) is 0 Å². The lowest BCUT2D eigenvalue weighted by molar-refractivity contribution is 0.971. The van der Waals surface area contributed by atoms with E-state index in [2.05, 4.69) is 22.7 Å². The molecule has 0 aliphatic carbocycles. The molecule has 0 amide bonds. The number of hydrogen-bond acceptors (Lipinski definition) is 1. The number of nitrogens with zero attached hydrogens (tertiary/aromatic N) is 2. The average molecular weight is 157 g/mol. The molecule has 0 saturated heterocycles. The van der Waals surface area contributed by atoms with Crippen LogP contribution in [-0.2, 0) is 6.42 Å². The molecular formula is C10H9N2. The SMILES string of the molecule is C1=N[N]C=C1Cc1ccccc1. The second kappa shape index (κ2) is 3.22. The standard InChI is InChI=1S/C10H9N2/c1-2-4-9(5-3-1)6-10-7-11-12-8-10/h1-5,7-8H,6H2. The van der Waals surface area contributed by atoms with Gasteiger partial charge in [-0.1, -0.05) is 30.3 Å². The maximum absolute atomic E-state index is 3.77. The van der Waals surface area contributed by atoms with Gasteiger partial charge < -0.3 is 0 Å². The highest BCUT2D eigenvalue weighted by Crippen LogP contribution is 2.07. The molecule has 1 aliphatic rings. The molecule has 1 heterocycles. The van der Waals surface area contributed by atoms with Gasteiger partial charge in [-0.2, -0.15) is 10.5 Å². The molecular weight excluding hydrogens is 148 g/mol. The van der Waals surface area contributed by atoms with Crippen LogP contribution in [0.1, 0.15) is 5.56 Å². The number of benzene rings is 1. The fourth-order valence-electron chi connectivity index (χ4n) is 1.17. The number of hydrogen-bond donors (Lipinski definition) is 0. The molecule has 0 aromatic heterocycles. The predicted molar refractivity (Wildman–Crippen MR) is 48.9 cm³/mol. The van der Waals surface area contributed by atoms with E-state index in [9.17, 15) is 0 Å². The van der Waals surface area contributed by atoms with Crippen LogP contribution in [0.3, 0.4) is 0 Å². The third-order valence-corrected chi connectivity index (χ3v) is 1.76. The molecule has 1 aromatic rings. The fourth-order valence-corrected chi connectivity index (χ4v) is 1.17. The topological polar surface area (TPSA) is 26.5 Å². The molecule has 0 unspecified atom stereocenters.